The van der Waals surface area contributed by atoms with Crippen molar-refractivity contribution in [2.75, 3.05) is 6.67 Å². The number of nitrogens with two attached hydrogens (primary N) is 1. The van der Waals surface area contributed by atoms with Gasteiger partial charge in [0, 0.05) is 12.7 Å². The highest BCUT2D eigenvalue weighted by Gasteiger charge is 1.86. The number of nitrogens with one attached hydrogen (secondary N) is 1. The van der Waals surface area contributed by atoms with Gasteiger partial charge in [-0.3, -0.25) is 5.32 Å². The summed E-state index contributed by atoms with van der Waals surface area (Å²) < 4.78 is 0. The van der Waals surface area contributed by atoms with Gasteiger partial charge in [-0.1, -0.05) is 6.08 Å². The molecular formula is C5H12N2. The Kier molecular flexibility index (Phi) is 3.65. The summed E-state index contributed by atoms with van der Waals surface area (Å²) in [6.07, 6.45) is 1.81. The lowest BCUT2D eigenvalue weighted by Gasteiger charge is -2.02. The fraction of sp³-hybridized carbons (Fsp3) is 0.600. The summed E-state index contributed by atoms with van der Waals surface area (Å²) in [6.45, 7) is 6.08. The molecule has 42 valence electrons. The van der Waals surface area contributed by atoms with Gasteiger partial charge < -0.3 is 5.73 Å². The minimum absolute atomic E-state index is 0.338. The van der Waals surface area contributed by atoms with Crippen LogP contribution in [0, 0.1) is 0 Å². The minimum atomic E-state index is 0.338. The molecule has 0 aliphatic carbocycles. The first-order chi connectivity index (χ1) is 3.31. The van der Waals surface area contributed by atoms with E-state index in [-0.39, 0.29) is 0 Å². The van der Waals surface area contributed by atoms with E-state index in [2.05, 4.69) is 11.9 Å². The minimum Gasteiger partial charge on any atom is -0.318 e. The average Bonchev–Trinajstić information content (AvgIpc) is 1.68. The Morgan fingerprint density at radius 3 is 2.71 bits per heavy atom. The molecule has 0 aromatic carbocycles. The topological polar surface area (TPSA) is 38.0 Å². The summed E-state index contributed by atoms with van der Waals surface area (Å²) in [6, 6.07) is 0.338. The van der Waals surface area contributed by atoms with Gasteiger partial charge in [0.1, 0.15) is 0 Å². The molecule has 2 nitrogen and oxygen atoms in total. The number of hydrogen-bond acceptors (Lipinski definition) is 2. The van der Waals surface area contributed by atoms with E-state index in [9.17, 15) is 0 Å². The first-order valence-corrected chi connectivity index (χ1v) is 2.37. The summed E-state index contributed by atoms with van der Waals surface area (Å²) in [5.41, 5.74) is 5.15. The molecule has 0 amide bonds. The predicted octanol–water partition coefficient (Wildman–Crippen LogP) is 0.0667. The largest absolute Gasteiger partial charge is 0.318 e. The normalized spacial score (nSPS) is 13.4. The van der Waals surface area contributed by atoms with Crippen molar-refractivity contribution in [3.63, 3.8) is 0 Å². The molecule has 1 atom stereocenters. The van der Waals surface area contributed by atoms with Gasteiger partial charge in [0.15, 0.2) is 0 Å². The lowest BCUT2D eigenvalue weighted by Crippen LogP contribution is -2.29. The maximum atomic E-state index is 5.15. The highest BCUT2D eigenvalue weighted by molar-refractivity contribution is 4.79. The van der Waals surface area contributed by atoms with Gasteiger partial charge in [-0.25, -0.2) is 0 Å². The van der Waals surface area contributed by atoms with Crippen molar-refractivity contribution in [1.29, 1.82) is 0 Å². The zero-order valence-corrected chi connectivity index (χ0v) is 4.65. The number of rotatable bonds is 3. The third kappa shape index (κ3) is 3.49. The van der Waals surface area contributed by atoms with Gasteiger partial charge in [-0.2, -0.15) is 0 Å². The van der Waals surface area contributed by atoms with Crippen molar-refractivity contribution < 1.29 is 0 Å². The van der Waals surface area contributed by atoms with Gasteiger partial charge in [0.05, 0.1) is 0 Å². The third-order valence-electron chi connectivity index (χ3n) is 0.793. The van der Waals surface area contributed by atoms with Crippen molar-refractivity contribution in [2.24, 2.45) is 5.73 Å². The zero-order valence-electron chi connectivity index (χ0n) is 4.65. The number of hydrogen-bond donors (Lipinski definition) is 2. The highest BCUT2D eigenvalue weighted by atomic mass is 15.0. The van der Waals surface area contributed by atoms with Crippen LogP contribution in [0.2, 0.25) is 0 Å². The first kappa shape index (κ1) is 6.66. The first-order valence-electron chi connectivity index (χ1n) is 2.37. The smallest absolute Gasteiger partial charge is 0.0433 e. The standard InChI is InChI=1S/C5H12N2/c1-3-5(2)7-4-6/h3,5,7H,1,4,6H2,2H3. The van der Waals surface area contributed by atoms with Gasteiger partial charge >= 0.3 is 0 Å². The Balaban J connectivity index is 2.98. The van der Waals surface area contributed by atoms with Gasteiger partial charge in [0.25, 0.3) is 0 Å². The van der Waals surface area contributed by atoms with Crippen molar-refractivity contribution in [1.82, 2.24) is 5.32 Å². The summed E-state index contributed by atoms with van der Waals surface area (Å²) in [4.78, 5) is 0. The molecule has 0 saturated carbocycles. The van der Waals surface area contributed by atoms with Crippen molar-refractivity contribution in [2.45, 2.75) is 13.0 Å². The molecule has 3 N–H and O–H groups in total. The van der Waals surface area contributed by atoms with Crippen LogP contribution in [-0.4, -0.2) is 12.7 Å². The monoisotopic (exact) mass is 100 g/mol. The van der Waals surface area contributed by atoms with E-state index in [1.807, 2.05) is 13.0 Å². The second-order valence-corrected chi connectivity index (χ2v) is 1.43. The molecule has 0 fully saturated rings. The van der Waals surface area contributed by atoms with Crippen LogP contribution in [0.3, 0.4) is 0 Å². The highest BCUT2D eigenvalue weighted by Crippen LogP contribution is 1.75. The van der Waals surface area contributed by atoms with Gasteiger partial charge in [-0.05, 0) is 6.92 Å². The van der Waals surface area contributed by atoms with Crippen molar-refractivity contribution in [3.05, 3.63) is 12.7 Å². The van der Waals surface area contributed by atoms with Crippen LogP contribution in [0.5, 0.6) is 0 Å². The Morgan fingerprint density at radius 2 is 2.57 bits per heavy atom. The van der Waals surface area contributed by atoms with E-state index in [1.165, 1.54) is 0 Å². The molecule has 2 heteroatoms. The SMILES string of the molecule is C=CC(C)NCN. The predicted molar refractivity (Wildman–Crippen MR) is 31.8 cm³/mol. The molecule has 0 heterocycles. The quantitative estimate of drug-likeness (QED) is 0.389. The Hall–Kier alpha value is -0.340. The van der Waals surface area contributed by atoms with E-state index in [0.717, 1.165) is 0 Å². The molecule has 0 radical (unpaired) electrons. The Labute approximate surface area is 44.4 Å². The van der Waals surface area contributed by atoms with Crippen LogP contribution < -0.4 is 11.1 Å². The fourth-order valence-corrected chi connectivity index (χ4v) is 0.269. The van der Waals surface area contributed by atoms with Crippen LogP contribution in [0.1, 0.15) is 6.92 Å². The van der Waals surface area contributed by atoms with E-state index in [4.69, 9.17) is 5.73 Å². The zero-order chi connectivity index (χ0) is 5.70. The second kappa shape index (κ2) is 3.84. The fourth-order valence-electron chi connectivity index (χ4n) is 0.269. The van der Waals surface area contributed by atoms with Crippen molar-refractivity contribution in [3.8, 4) is 0 Å². The summed E-state index contributed by atoms with van der Waals surface area (Å²) in [5, 5.41) is 2.95. The third-order valence-corrected chi connectivity index (χ3v) is 0.793. The lowest BCUT2D eigenvalue weighted by molar-refractivity contribution is 0.649. The van der Waals surface area contributed by atoms with Crippen LogP contribution in [0.15, 0.2) is 12.7 Å². The van der Waals surface area contributed by atoms with Crippen LogP contribution in [0.25, 0.3) is 0 Å². The Morgan fingerprint density at radius 1 is 2.00 bits per heavy atom. The van der Waals surface area contributed by atoms with E-state index in [0.29, 0.717) is 12.7 Å². The van der Waals surface area contributed by atoms with Gasteiger partial charge in [-0.15, -0.1) is 6.58 Å². The van der Waals surface area contributed by atoms with Crippen LogP contribution >= 0.6 is 0 Å². The maximum Gasteiger partial charge on any atom is 0.0433 e. The average molecular weight is 100 g/mol. The summed E-state index contributed by atoms with van der Waals surface area (Å²) >= 11 is 0. The summed E-state index contributed by atoms with van der Waals surface area (Å²) in [7, 11) is 0. The Bertz CT molecular complexity index is 52.0. The van der Waals surface area contributed by atoms with Crippen LogP contribution in [0.4, 0.5) is 0 Å². The summed E-state index contributed by atoms with van der Waals surface area (Å²) in [5.74, 6) is 0. The van der Waals surface area contributed by atoms with Gasteiger partial charge in [0.2, 0.25) is 0 Å². The molecular weight excluding hydrogens is 88.1 g/mol. The molecule has 0 bridgehead atoms. The second-order valence-electron chi connectivity index (χ2n) is 1.43. The van der Waals surface area contributed by atoms with E-state index in [1.54, 1.807) is 0 Å². The van der Waals surface area contributed by atoms with E-state index < -0.39 is 0 Å². The van der Waals surface area contributed by atoms with Crippen molar-refractivity contribution >= 4 is 0 Å². The van der Waals surface area contributed by atoms with Crippen LogP contribution in [-0.2, 0) is 0 Å². The molecule has 0 aliphatic heterocycles. The lowest BCUT2D eigenvalue weighted by atomic mass is 10.3. The molecule has 0 spiro atoms. The van der Waals surface area contributed by atoms with E-state index >= 15 is 0 Å². The molecule has 1 unspecified atom stereocenters. The molecule has 7 heavy (non-hydrogen) atoms. The maximum absolute atomic E-state index is 5.15. The molecule has 0 aromatic heterocycles. The molecule has 0 aliphatic rings. The molecule has 0 saturated heterocycles. The molecule has 0 rings (SSSR count). The molecule has 0 aromatic rings.